The van der Waals surface area contributed by atoms with Gasteiger partial charge < -0.3 is 4.74 Å². The van der Waals surface area contributed by atoms with Crippen LogP contribution < -0.4 is 4.74 Å². The zero-order valence-electron chi connectivity index (χ0n) is 12.1. The predicted octanol–water partition coefficient (Wildman–Crippen LogP) is 3.88. The van der Waals surface area contributed by atoms with E-state index in [1.54, 1.807) is 6.07 Å². The summed E-state index contributed by atoms with van der Waals surface area (Å²) in [5.41, 5.74) is 3.23. The van der Waals surface area contributed by atoms with Crippen molar-refractivity contribution in [3.05, 3.63) is 46.8 Å². The zero-order valence-corrected chi connectivity index (χ0v) is 12.1. The van der Waals surface area contributed by atoms with Gasteiger partial charge in [0.1, 0.15) is 17.5 Å². The van der Waals surface area contributed by atoms with Crippen LogP contribution in [0.2, 0.25) is 0 Å². The first kappa shape index (κ1) is 14.0. The molecule has 0 saturated heterocycles. The van der Waals surface area contributed by atoms with Crippen LogP contribution in [0.3, 0.4) is 0 Å². The van der Waals surface area contributed by atoms with Gasteiger partial charge in [-0.3, -0.25) is 0 Å². The van der Waals surface area contributed by atoms with Gasteiger partial charge in [0.25, 0.3) is 0 Å². The highest BCUT2D eigenvalue weighted by Gasteiger charge is 2.11. The lowest BCUT2D eigenvalue weighted by Gasteiger charge is -2.13. The maximum absolute atomic E-state index is 8.94. The number of aromatic nitrogens is 2. The average molecular weight is 267 g/mol. The van der Waals surface area contributed by atoms with Crippen molar-refractivity contribution >= 4 is 0 Å². The van der Waals surface area contributed by atoms with E-state index >= 15 is 0 Å². The van der Waals surface area contributed by atoms with Crippen molar-refractivity contribution in [1.82, 2.24) is 9.97 Å². The van der Waals surface area contributed by atoms with Crippen molar-refractivity contribution in [3.8, 4) is 17.8 Å². The van der Waals surface area contributed by atoms with Gasteiger partial charge in [0, 0.05) is 5.69 Å². The Morgan fingerprint density at radius 2 is 1.90 bits per heavy atom. The Bertz CT molecular complexity index is 672. The molecule has 0 bridgehead atoms. The molecule has 0 saturated carbocycles. The second kappa shape index (κ2) is 5.70. The van der Waals surface area contributed by atoms with Crippen molar-refractivity contribution in [1.29, 1.82) is 5.26 Å². The first-order valence-electron chi connectivity index (χ1n) is 6.54. The summed E-state index contributed by atoms with van der Waals surface area (Å²) < 4.78 is 5.80. The van der Waals surface area contributed by atoms with Gasteiger partial charge >= 0.3 is 6.01 Å². The lowest BCUT2D eigenvalue weighted by Crippen LogP contribution is -2.00. The van der Waals surface area contributed by atoms with E-state index in [0.29, 0.717) is 17.3 Å². The molecular weight excluding hydrogens is 250 g/mol. The number of hydrogen-bond acceptors (Lipinski definition) is 4. The first-order chi connectivity index (χ1) is 9.49. The minimum atomic E-state index is 0.217. The molecule has 2 aromatic rings. The maximum Gasteiger partial charge on any atom is 0.323 e. The van der Waals surface area contributed by atoms with E-state index in [1.165, 1.54) is 0 Å². The highest BCUT2D eigenvalue weighted by atomic mass is 16.5. The normalized spacial score (nSPS) is 10.4. The van der Waals surface area contributed by atoms with Crippen molar-refractivity contribution in [2.75, 3.05) is 0 Å². The van der Waals surface area contributed by atoms with Crippen LogP contribution in [0.1, 0.15) is 42.3 Å². The number of nitriles is 1. The van der Waals surface area contributed by atoms with E-state index in [2.05, 4.69) is 35.9 Å². The number of ether oxygens (including phenoxy) is 1. The lowest BCUT2D eigenvalue weighted by molar-refractivity contribution is 0.432. The van der Waals surface area contributed by atoms with E-state index in [1.807, 2.05) is 26.0 Å². The third-order valence-electron chi connectivity index (χ3n) is 2.94. The number of benzene rings is 1. The predicted molar refractivity (Wildman–Crippen MR) is 76.8 cm³/mol. The molecule has 0 amide bonds. The second-order valence-corrected chi connectivity index (χ2v) is 5.09. The van der Waals surface area contributed by atoms with Crippen LogP contribution in [0.5, 0.6) is 11.8 Å². The molecular formula is C16H17N3O. The molecule has 1 aromatic heterocycles. The molecule has 0 radical (unpaired) electrons. The molecule has 2 rings (SSSR count). The minimum absolute atomic E-state index is 0.217. The fourth-order valence-electron chi connectivity index (χ4n) is 1.95. The maximum atomic E-state index is 8.94. The van der Waals surface area contributed by atoms with E-state index in [0.717, 1.165) is 16.9 Å². The minimum Gasteiger partial charge on any atom is -0.424 e. The molecule has 102 valence electrons. The molecule has 0 atom stereocenters. The fraction of sp³-hybridized carbons (Fsp3) is 0.312. The van der Waals surface area contributed by atoms with Crippen LogP contribution in [0, 0.1) is 25.2 Å². The van der Waals surface area contributed by atoms with E-state index in [9.17, 15) is 0 Å². The molecule has 0 aliphatic carbocycles. The molecule has 1 aromatic carbocycles. The summed E-state index contributed by atoms with van der Waals surface area (Å²) in [7, 11) is 0. The van der Waals surface area contributed by atoms with Gasteiger partial charge in [0.05, 0.1) is 0 Å². The Balaban J connectivity index is 2.42. The standard InChI is InChI=1S/C16H17N3O/c1-10(2)14-6-5-11(3)7-15(14)20-16-18-12(4)8-13(9-17)19-16/h5-8,10H,1-4H3. The summed E-state index contributed by atoms with van der Waals surface area (Å²) in [6, 6.07) is 9.93. The summed E-state index contributed by atoms with van der Waals surface area (Å²) in [4.78, 5) is 8.31. The van der Waals surface area contributed by atoms with Crippen molar-refractivity contribution in [3.63, 3.8) is 0 Å². The summed E-state index contributed by atoms with van der Waals surface area (Å²) in [5.74, 6) is 1.08. The molecule has 1 heterocycles. The first-order valence-corrected chi connectivity index (χ1v) is 6.54. The molecule has 0 N–H and O–H groups in total. The average Bonchev–Trinajstić information content (AvgIpc) is 2.37. The molecule has 0 aliphatic heterocycles. The summed E-state index contributed by atoms with van der Waals surface area (Å²) in [6.07, 6.45) is 0. The van der Waals surface area contributed by atoms with Gasteiger partial charge in [0.15, 0.2) is 0 Å². The molecule has 4 nitrogen and oxygen atoms in total. The molecule has 4 heteroatoms. The lowest BCUT2D eigenvalue weighted by atomic mass is 10.0. The van der Waals surface area contributed by atoms with Crippen LogP contribution >= 0.6 is 0 Å². The third kappa shape index (κ3) is 3.12. The number of nitrogens with zero attached hydrogens (tertiary/aromatic N) is 3. The van der Waals surface area contributed by atoms with Gasteiger partial charge in [0.2, 0.25) is 0 Å². The summed E-state index contributed by atoms with van der Waals surface area (Å²) >= 11 is 0. The highest BCUT2D eigenvalue weighted by Crippen LogP contribution is 2.30. The van der Waals surface area contributed by atoms with Gasteiger partial charge in [-0.05, 0) is 43.0 Å². The Morgan fingerprint density at radius 3 is 2.55 bits per heavy atom. The largest absolute Gasteiger partial charge is 0.424 e. The SMILES string of the molecule is Cc1ccc(C(C)C)c(Oc2nc(C)cc(C#N)n2)c1. The fourth-order valence-corrected chi connectivity index (χ4v) is 1.95. The zero-order chi connectivity index (χ0) is 14.7. The summed E-state index contributed by atoms with van der Waals surface area (Å²) in [5, 5.41) is 8.94. The van der Waals surface area contributed by atoms with Gasteiger partial charge in [-0.25, -0.2) is 4.98 Å². The summed E-state index contributed by atoms with van der Waals surface area (Å²) in [6.45, 7) is 8.04. The molecule has 0 spiro atoms. The number of rotatable bonds is 3. The van der Waals surface area contributed by atoms with Gasteiger partial charge in [-0.15, -0.1) is 0 Å². The topological polar surface area (TPSA) is 58.8 Å². The monoisotopic (exact) mass is 267 g/mol. The van der Waals surface area contributed by atoms with Gasteiger partial charge in [-0.2, -0.15) is 10.2 Å². The number of hydrogen-bond donors (Lipinski definition) is 0. The van der Waals surface area contributed by atoms with Crippen LogP contribution in [-0.4, -0.2) is 9.97 Å². The smallest absolute Gasteiger partial charge is 0.323 e. The van der Waals surface area contributed by atoms with Crippen molar-refractivity contribution in [2.24, 2.45) is 0 Å². The Hall–Kier alpha value is -2.41. The molecule has 0 aliphatic rings. The molecule has 20 heavy (non-hydrogen) atoms. The van der Waals surface area contributed by atoms with E-state index in [-0.39, 0.29) is 6.01 Å². The van der Waals surface area contributed by atoms with Crippen LogP contribution in [0.25, 0.3) is 0 Å². The van der Waals surface area contributed by atoms with Crippen LogP contribution in [0.15, 0.2) is 24.3 Å². The highest BCUT2D eigenvalue weighted by molar-refractivity contribution is 5.40. The third-order valence-corrected chi connectivity index (χ3v) is 2.94. The van der Waals surface area contributed by atoms with E-state index in [4.69, 9.17) is 10.00 Å². The quantitative estimate of drug-likeness (QED) is 0.846. The van der Waals surface area contributed by atoms with Gasteiger partial charge in [-0.1, -0.05) is 26.0 Å². The Kier molecular flexibility index (Phi) is 3.99. The Labute approximate surface area is 119 Å². The van der Waals surface area contributed by atoms with Crippen LogP contribution in [0.4, 0.5) is 0 Å². The van der Waals surface area contributed by atoms with Crippen LogP contribution in [-0.2, 0) is 0 Å². The van der Waals surface area contributed by atoms with Crippen molar-refractivity contribution in [2.45, 2.75) is 33.6 Å². The molecule has 0 unspecified atom stereocenters. The molecule has 0 fully saturated rings. The van der Waals surface area contributed by atoms with Crippen molar-refractivity contribution < 1.29 is 4.74 Å². The second-order valence-electron chi connectivity index (χ2n) is 5.09. The number of aryl methyl sites for hydroxylation is 2. The van der Waals surface area contributed by atoms with E-state index < -0.39 is 0 Å². The Morgan fingerprint density at radius 1 is 1.15 bits per heavy atom.